The summed E-state index contributed by atoms with van der Waals surface area (Å²) in [5.41, 5.74) is 3.90. The molecule has 0 aliphatic heterocycles. The highest BCUT2D eigenvalue weighted by Gasteiger charge is 2.04. The number of carbonyl (C=O) groups excluding carboxylic acids is 1. The van der Waals surface area contributed by atoms with E-state index in [1.54, 1.807) is 24.4 Å². The molecule has 0 unspecified atom stereocenters. The number of hydrogen-bond donors (Lipinski definition) is 1. The molecule has 0 atom stereocenters. The van der Waals surface area contributed by atoms with Gasteiger partial charge in [-0.05, 0) is 36.8 Å². The van der Waals surface area contributed by atoms with Crippen LogP contribution in [0, 0.1) is 0 Å². The van der Waals surface area contributed by atoms with Gasteiger partial charge in [0.1, 0.15) is 5.75 Å². The number of nitrogens with one attached hydrogen (secondary N) is 1. The van der Waals surface area contributed by atoms with Crippen molar-refractivity contribution in [1.29, 1.82) is 0 Å². The molecule has 0 fully saturated rings. The van der Waals surface area contributed by atoms with Crippen molar-refractivity contribution in [3.8, 4) is 5.75 Å². The number of amides is 1. The van der Waals surface area contributed by atoms with Crippen LogP contribution < -0.4 is 10.2 Å². The van der Waals surface area contributed by atoms with E-state index in [1.807, 2.05) is 30.3 Å². The summed E-state index contributed by atoms with van der Waals surface area (Å²) >= 11 is 3.34. The Bertz CT molecular complexity index is 686. The molecule has 0 spiro atoms. The van der Waals surface area contributed by atoms with Gasteiger partial charge in [0.15, 0.2) is 0 Å². The minimum atomic E-state index is -0.257. The zero-order valence-electron chi connectivity index (χ0n) is 13.0. The Balaban J connectivity index is 1.99. The molecule has 0 saturated heterocycles. The lowest BCUT2D eigenvalue weighted by Gasteiger charge is -2.08. The molecular weight excluding hydrogens is 356 g/mol. The highest BCUT2D eigenvalue weighted by Crippen LogP contribution is 2.16. The zero-order valence-corrected chi connectivity index (χ0v) is 14.5. The number of carbonyl (C=O) groups is 1. The molecule has 0 aliphatic carbocycles. The molecule has 2 rings (SSSR count). The van der Waals surface area contributed by atoms with Gasteiger partial charge in [-0.2, -0.15) is 5.10 Å². The highest BCUT2D eigenvalue weighted by atomic mass is 79.9. The fourth-order valence-electron chi connectivity index (χ4n) is 1.90. The van der Waals surface area contributed by atoms with Crippen molar-refractivity contribution in [2.75, 3.05) is 6.61 Å². The van der Waals surface area contributed by atoms with E-state index >= 15 is 0 Å². The Morgan fingerprint density at radius 3 is 2.87 bits per heavy atom. The van der Waals surface area contributed by atoms with Gasteiger partial charge in [0.05, 0.1) is 12.8 Å². The van der Waals surface area contributed by atoms with Gasteiger partial charge in [-0.1, -0.05) is 47.5 Å². The number of nitrogens with zero attached hydrogens (tertiary/aromatic N) is 1. The first kappa shape index (κ1) is 17.2. The summed E-state index contributed by atoms with van der Waals surface area (Å²) in [5, 5.41) is 4.02. The number of unbranched alkanes of at least 4 members (excludes halogenated alkanes) is 1. The van der Waals surface area contributed by atoms with E-state index in [4.69, 9.17) is 4.74 Å². The summed E-state index contributed by atoms with van der Waals surface area (Å²) in [4.78, 5) is 12.0. The number of benzene rings is 2. The van der Waals surface area contributed by atoms with E-state index in [0.29, 0.717) is 12.2 Å². The Morgan fingerprint density at radius 1 is 1.26 bits per heavy atom. The second-order valence-corrected chi connectivity index (χ2v) is 5.86. The molecule has 4 nitrogen and oxygen atoms in total. The molecule has 0 heterocycles. The lowest BCUT2D eigenvalue weighted by Crippen LogP contribution is -2.17. The molecule has 2 aromatic carbocycles. The standard InChI is InChI=1S/C18H19BrN2O2/c1-2-3-11-23-17-10-5-4-7-15(17)13-20-21-18(22)14-8-6-9-16(19)12-14/h4-10,12-13H,2-3,11H2,1H3,(H,21,22)/b20-13+. The molecule has 0 aliphatic rings. The molecule has 1 amide bonds. The lowest BCUT2D eigenvalue weighted by atomic mass is 10.2. The van der Waals surface area contributed by atoms with Crippen molar-refractivity contribution >= 4 is 28.1 Å². The van der Waals surface area contributed by atoms with E-state index in [2.05, 4.69) is 33.4 Å². The van der Waals surface area contributed by atoms with Crippen LogP contribution in [0.3, 0.4) is 0 Å². The summed E-state index contributed by atoms with van der Waals surface area (Å²) in [6, 6.07) is 14.8. The average Bonchev–Trinajstić information content (AvgIpc) is 2.56. The minimum Gasteiger partial charge on any atom is -0.493 e. The molecule has 0 aromatic heterocycles. The van der Waals surface area contributed by atoms with Crippen LogP contribution in [0.5, 0.6) is 5.75 Å². The van der Waals surface area contributed by atoms with Crippen LogP contribution in [0.2, 0.25) is 0 Å². The van der Waals surface area contributed by atoms with Crippen molar-refractivity contribution in [3.05, 3.63) is 64.1 Å². The normalized spacial score (nSPS) is 10.7. The lowest BCUT2D eigenvalue weighted by molar-refractivity contribution is 0.0955. The third kappa shape index (κ3) is 5.53. The second kappa shape index (κ2) is 9.10. The maximum absolute atomic E-state index is 12.0. The summed E-state index contributed by atoms with van der Waals surface area (Å²) < 4.78 is 6.58. The third-order valence-corrected chi connectivity index (χ3v) is 3.62. The minimum absolute atomic E-state index is 0.257. The topological polar surface area (TPSA) is 50.7 Å². The fourth-order valence-corrected chi connectivity index (χ4v) is 2.30. The Hall–Kier alpha value is -2.14. The van der Waals surface area contributed by atoms with Gasteiger partial charge in [-0.15, -0.1) is 0 Å². The Morgan fingerprint density at radius 2 is 2.09 bits per heavy atom. The number of halogens is 1. The van der Waals surface area contributed by atoms with Crippen LogP contribution in [0.1, 0.15) is 35.7 Å². The molecule has 120 valence electrons. The van der Waals surface area contributed by atoms with Gasteiger partial charge in [0.2, 0.25) is 0 Å². The molecule has 0 radical (unpaired) electrons. The van der Waals surface area contributed by atoms with E-state index in [9.17, 15) is 4.79 Å². The maximum atomic E-state index is 12.0. The number of para-hydroxylation sites is 1. The molecule has 23 heavy (non-hydrogen) atoms. The Kier molecular flexibility index (Phi) is 6.81. The summed E-state index contributed by atoms with van der Waals surface area (Å²) in [7, 11) is 0. The van der Waals surface area contributed by atoms with Crippen LogP contribution in [0.25, 0.3) is 0 Å². The van der Waals surface area contributed by atoms with Crippen LogP contribution in [0.15, 0.2) is 58.1 Å². The largest absolute Gasteiger partial charge is 0.493 e. The SMILES string of the molecule is CCCCOc1ccccc1/C=N/NC(=O)c1cccc(Br)c1. The van der Waals surface area contributed by atoms with Gasteiger partial charge >= 0.3 is 0 Å². The fraction of sp³-hybridized carbons (Fsp3) is 0.222. The smallest absolute Gasteiger partial charge is 0.271 e. The van der Waals surface area contributed by atoms with Crippen LogP contribution in [0.4, 0.5) is 0 Å². The Labute approximate surface area is 144 Å². The van der Waals surface area contributed by atoms with E-state index in [-0.39, 0.29) is 5.91 Å². The van der Waals surface area contributed by atoms with Crippen LogP contribution in [-0.4, -0.2) is 18.7 Å². The first-order chi connectivity index (χ1) is 11.2. The van der Waals surface area contributed by atoms with Gasteiger partial charge in [-0.25, -0.2) is 5.43 Å². The zero-order chi connectivity index (χ0) is 16.5. The predicted octanol–water partition coefficient (Wildman–Crippen LogP) is 4.39. The summed E-state index contributed by atoms with van der Waals surface area (Å²) in [6.45, 7) is 2.79. The summed E-state index contributed by atoms with van der Waals surface area (Å²) in [6.07, 6.45) is 3.68. The predicted molar refractivity (Wildman–Crippen MR) is 96.0 cm³/mol. The van der Waals surface area contributed by atoms with Crippen molar-refractivity contribution in [3.63, 3.8) is 0 Å². The first-order valence-corrected chi connectivity index (χ1v) is 8.31. The number of hydrogen-bond acceptors (Lipinski definition) is 3. The number of rotatable bonds is 7. The van der Waals surface area contributed by atoms with E-state index in [0.717, 1.165) is 28.6 Å². The van der Waals surface area contributed by atoms with Crippen molar-refractivity contribution in [1.82, 2.24) is 5.43 Å². The number of ether oxygens (including phenoxy) is 1. The monoisotopic (exact) mass is 374 g/mol. The van der Waals surface area contributed by atoms with Gasteiger partial charge < -0.3 is 4.74 Å². The van der Waals surface area contributed by atoms with Gasteiger partial charge in [0.25, 0.3) is 5.91 Å². The van der Waals surface area contributed by atoms with Crippen LogP contribution in [-0.2, 0) is 0 Å². The highest BCUT2D eigenvalue weighted by molar-refractivity contribution is 9.10. The van der Waals surface area contributed by atoms with Crippen molar-refractivity contribution in [2.45, 2.75) is 19.8 Å². The maximum Gasteiger partial charge on any atom is 0.271 e. The molecule has 5 heteroatoms. The van der Waals surface area contributed by atoms with E-state index in [1.165, 1.54) is 0 Å². The molecule has 0 bridgehead atoms. The molecular formula is C18H19BrN2O2. The number of hydrazone groups is 1. The van der Waals surface area contributed by atoms with E-state index < -0.39 is 0 Å². The molecule has 2 aromatic rings. The molecule has 0 saturated carbocycles. The van der Waals surface area contributed by atoms with Crippen molar-refractivity contribution in [2.24, 2.45) is 5.10 Å². The average molecular weight is 375 g/mol. The molecule has 1 N–H and O–H groups in total. The third-order valence-electron chi connectivity index (χ3n) is 3.13. The van der Waals surface area contributed by atoms with Crippen molar-refractivity contribution < 1.29 is 9.53 Å². The first-order valence-electron chi connectivity index (χ1n) is 7.51. The van der Waals surface area contributed by atoms with Gasteiger partial charge in [-0.3, -0.25) is 4.79 Å². The quantitative estimate of drug-likeness (QED) is 0.443. The summed E-state index contributed by atoms with van der Waals surface area (Å²) in [5.74, 6) is 0.508. The van der Waals surface area contributed by atoms with Gasteiger partial charge in [0, 0.05) is 15.6 Å². The second-order valence-electron chi connectivity index (χ2n) is 4.95. The van der Waals surface area contributed by atoms with Crippen LogP contribution >= 0.6 is 15.9 Å².